The van der Waals surface area contributed by atoms with Crippen LogP contribution in [0.15, 0.2) is 45.4 Å². The second kappa shape index (κ2) is 8.86. The summed E-state index contributed by atoms with van der Waals surface area (Å²) in [6, 6.07) is 11.4. The number of hydrogen-bond acceptors (Lipinski definition) is 5. The minimum atomic E-state index is -0.451. The highest BCUT2D eigenvalue weighted by molar-refractivity contribution is 9.10. The maximum atomic E-state index is 13.1. The highest BCUT2D eigenvalue weighted by atomic mass is 79.9. The molecule has 8 heteroatoms. The second-order valence-electron chi connectivity index (χ2n) is 8.44. The number of nitrogens with zero attached hydrogens (tertiary/aromatic N) is 3. The third-order valence-corrected chi connectivity index (χ3v) is 6.55. The molecule has 0 saturated carbocycles. The normalized spacial score (nSPS) is 16.1. The summed E-state index contributed by atoms with van der Waals surface area (Å²) < 4.78 is 6.43. The van der Waals surface area contributed by atoms with Gasteiger partial charge in [-0.05, 0) is 49.2 Å². The van der Waals surface area contributed by atoms with Crippen LogP contribution in [0.4, 0.5) is 11.4 Å². The number of hydrogen-bond donors (Lipinski definition) is 1. The first-order valence-electron chi connectivity index (χ1n) is 10.6. The fourth-order valence-corrected chi connectivity index (χ4v) is 3.99. The van der Waals surface area contributed by atoms with Gasteiger partial charge in [0, 0.05) is 29.0 Å². The fourth-order valence-electron chi connectivity index (χ4n) is 3.75. The van der Waals surface area contributed by atoms with Crippen LogP contribution in [0.5, 0.6) is 0 Å². The Morgan fingerprint density at radius 1 is 1.22 bits per heavy atom. The molecule has 2 amide bonds. The summed E-state index contributed by atoms with van der Waals surface area (Å²) in [4.78, 5) is 32.0. The highest BCUT2D eigenvalue weighted by Crippen LogP contribution is 2.33. The number of aryl methyl sites for hydroxylation is 2. The molecular weight excluding hydrogens is 472 g/mol. The summed E-state index contributed by atoms with van der Waals surface area (Å²) in [5, 5.41) is 7.05. The lowest BCUT2D eigenvalue weighted by Crippen LogP contribution is -2.28. The topological polar surface area (TPSA) is 88.3 Å². The number of halogens is 1. The SMILES string of the molecule is Cc1cc(N2CC(C(=O)Nc3c(C)cccc3-c3nc(C(C)C)no3)CC2=O)ccc1Br. The van der Waals surface area contributed by atoms with Crippen molar-refractivity contribution in [2.75, 3.05) is 16.8 Å². The van der Waals surface area contributed by atoms with Gasteiger partial charge in [-0.3, -0.25) is 9.59 Å². The van der Waals surface area contributed by atoms with E-state index >= 15 is 0 Å². The zero-order valence-corrected chi connectivity index (χ0v) is 20.1. The number of benzene rings is 2. The summed E-state index contributed by atoms with van der Waals surface area (Å²) in [6.45, 7) is 8.20. The lowest BCUT2D eigenvalue weighted by Gasteiger charge is -2.18. The van der Waals surface area contributed by atoms with E-state index < -0.39 is 5.92 Å². The van der Waals surface area contributed by atoms with Crippen molar-refractivity contribution in [2.45, 2.75) is 40.0 Å². The molecule has 166 valence electrons. The molecular formula is C24H25BrN4O3. The molecule has 0 aliphatic carbocycles. The van der Waals surface area contributed by atoms with Gasteiger partial charge in [-0.1, -0.05) is 47.1 Å². The lowest BCUT2D eigenvalue weighted by molar-refractivity contribution is -0.122. The molecule has 1 saturated heterocycles. The van der Waals surface area contributed by atoms with E-state index in [9.17, 15) is 9.59 Å². The summed E-state index contributed by atoms with van der Waals surface area (Å²) >= 11 is 3.48. The number of amides is 2. The first-order chi connectivity index (χ1) is 15.2. The predicted molar refractivity (Wildman–Crippen MR) is 127 cm³/mol. The molecule has 3 aromatic rings. The van der Waals surface area contributed by atoms with Crippen LogP contribution in [0, 0.1) is 19.8 Å². The monoisotopic (exact) mass is 496 g/mol. The molecule has 1 aliphatic rings. The highest BCUT2D eigenvalue weighted by Gasteiger charge is 2.35. The van der Waals surface area contributed by atoms with Crippen LogP contribution < -0.4 is 10.2 Å². The second-order valence-corrected chi connectivity index (χ2v) is 9.29. The Bertz CT molecular complexity index is 1190. The van der Waals surface area contributed by atoms with E-state index in [0.717, 1.165) is 21.3 Å². The van der Waals surface area contributed by atoms with E-state index in [1.54, 1.807) is 4.90 Å². The van der Waals surface area contributed by atoms with Gasteiger partial charge in [0.1, 0.15) is 0 Å². The molecule has 7 nitrogen and oxygen atoms in total. The van der Waals surface area contributed by atoms with Crippen LogP contribution in [0.3, 0.4) is 0 Å². The third kappa shape index (κ3) is 4.32. The number of carbonyl (C=O) groups excluding carboxylic acids is 2. The molecule has 0 radical (unpaired) electrons. The number of anilines is 2. The largest absolute Gasteiger partial charge is 0.334 e. The molecule has 4 rings (SSSR count). The number of carbonyl (C=O) groups is 2. The number of aromatic nitrogens is 2. The number of nitrogens with one attached hydrogen (secondary N) is 1. The van der Waals surface area contributed by atoms with Crippen molar-refractivity contribution in [1.29, 1.82) is 0 Å². The van der Waals surface area contributed by atoms with Crippen LogP contribution in [0.2, 0.25) is 0 Å². The summed E-state index contributed by atoms with van der Waals surface area (Å²) in [5.41, 5.74) is 4.01. The van der Waals surface area contributed by atoms with E-state index in [0.29, 0.717) is 29.5 Å². The molecule has 0 bridgehead atoms. The van der Waals surface area contributed by atoms with E-state index in [1.165, 1.54) is 0 Å². The summed E-state index contributed by atoms with van der Waals surface area (Å²) in [5.74, 6) is 0.396. The standard InChI is InChI=1S/C24H25BrN4O3/c1-13(2)22-27-24(32-28-22)18-7-5-6-14(3)21(18)26-23(31)16-11-20(30)29(12-16)17-8-9-19(25)15(4)10-17/h5-10,13,16H,11-12H2,1-4H3,(H,26,31). The average molecular weight is 497 g/mol. The summed E-state index contributed by atoms with van der Waals surface area (Å²) in [7, 11) is 0. The molecule has 1 aromatic heterocycles. The van der Waals surface area contributed by atoms with Crippen LogP contribution in [0.25, 0.3) is 11.5 Å². The van der Waals surface area contributed by atoms with Crippen molar-refractivity contribution in [1.82, 2.24) is 10.1 Å². The first kappa shape index (κ1) is 22.2. The van der Waals surface area contributed by atoms with Gasteiger partial charge in [0.25, 0.3) is 5.89 Å². The van der Waals surface area contributed by atoms with E-state index in [-0.39, 0.29) is 24.2 Å². The Hall–Kier alpha value is -3.00. The van der Waals surface area contributed by atoms with Gasteiger partial charge >= 0.3 is 0 Å². The zero-order chi connectivity index (χ0) is 23.0. The van der Waals surface area contributed by atoms with Gasteiger partial charge in [-0.25, -0.2) is 0 Å². The predicted octanol–water partition coefficient (Wildman–Crippen LogP) is 5.23. The minimum Gasteiger partial charge on any atom is -0.334 e. The van der Waals surface area contributed by atoms with Crippen LogP contribution >= 0.6 is 15.9 Å². The first-order valence-corrected chi connectivity index (χ1v) is 11.3. The van der Waals surface area contributed by atoms with Crippen LogP contribution in [0.1, 0.15) is 43.1 Å². The van der Waals surface area contributed by atoms with Crippen molar-refractivity contribution in [2.24, 2.45) is 5.92 Å². The van der Waals surface area contributed by atoms with Crippen LogP contribution in [-0.4, -0.2) is 28.5 Å². The molecule has 1 N–H and O–H groups in total. The molecule has 32 heavy (non-hydrogen) atoms. The molecule has 1 fully saturated rings. The van der Waals surface area contributed by atoms with Crippen molar-refractivity contribution in [3.05, 3.63) is 57.8 Å². The summed E-state index contributed by atoms with van der Waals surface area (Å²) in [6.07, 6.45) is 0.167. The Balaban J connectivity index is 1.55. The molecule has 2 aromatic carbocycles. The Labute approximate surface area is 195 Å². The van der Waals surface area contributed by atoms with Gasteiger partial charge in [-0.15, -0.1) is 0 Å². The third-order valence-electron chi connectivity index (χ3n) is 5.66. The Morgan fingerprint density at radius 3 is 2.69 bits per heavy atom. The zero-order valence-electron chi connectivity index (χ0n) is 18.5. The van der Waals surface area contributed by atoms with Gasteiger partial charge in [0.2, 0.25) is 11.8 Å². The molecule has 1 aliphatic heterocycles. The lowest BCUT2D eigenvalue weighted by atomic mass is 10.0. The smallest absolute Gasteiger partial charge is 0.260 e. The quantitative estimate of drug-likeness (QED) is 0.522. The van der Waals surface area contributed by atoms with Crippen LogP contribution in [-0.2, 0) is 9.59 Å². The fraction of sp³-hybridized carbons (Fsp3) is 0.333. The number of para-hydroxylation sites is 1. The van der Waals surface area contributed by atoms with Crippen molar-refractivity contribution < 1.29 is 14.1 Å². The van der Waals surface area contributed by atoms with E-state index in [2.05, 4.69) is 31.4 Å². The molecule has 0 spiro atoms. The number of rotatable bonds is 5. The Morgan fingerprint density at radius 2 is 2.00 bits per heavy atom. The van der Waals surface area contributed by atoms with Gasteiger partial charge in [-0.2, -0.15) is 4.98 Å². The van der Waals surface area contributed by atoms with Crippen molar-refractivity contribution >= 4 is 39.1 Å². The van der Waals surface area contributed by atoms with Crippen molar-refractivity contribution in [3.63, 3.8) is 0 Å². The van der Waals surface area contributed by atoms with E-state index in [4.69, 9.17) is 4.52 Å². The molecule has 1 atom stereocenters. The van der Waals surface area contributed by atoms with Gasteiger partial charge in [0.15, 0.2) is 5.82 Å². The van der Waals surface area contributed by atoms with E-state index in [1.807, 2.05) is 64.1 Å². The maximum absolute atomic E-state index is 13.1. The Kier molecular flexibility index (Phi) is 6.15. The van der Waals surface area contributed by atoms with Crippen molar-refractivity contribution in [3.8, 4) is 11.5 Å². The molecule has 2 heterocycles. The average Bonchev–Trinajstić information content (AvgIpc) is 3.39. The van der Waals surface area contributed by atoms with Gasteiger partial charge in [0.05, 0.1) is 17.2 Å². The maximum Gasteiger partial charge on any atom is 0.260 e. The minimum absolute atomic E-state index is 0.0599. The molecule has 1 unspecified atom stereocenters. The van der Waals surface area contributed by atoms with Gasteiger partial charge < -0.3 is 14.7 Å².